The number of nitrogens with one attached hydrogen (secondary N) is 1. The molecule has 0 unspecified atom stereocenters. The number of carbonyl (C=O) groups excluding carboxylic acids is 2. The van der Waals surface area contributed by atoms with Gasteiger partial charge in [0.05, 0.1) is 0 Å². The molecule has 0 radical (unpaired) electrons. The fraction of sp³-hybridized carbons (Fsp3) is 0.231. The van der Waals surface area contributed by atoms with Crippen LogP contribution in [-0.4, -0.2) is 36.9 Å². The molecule has 0 aliphatic carbocycles. The maximum absolute atomic E-state index is 13.3. The van der Waals surface area contributed by atoms with Crippen LogP contribution < -0.4 is 10.2 Å². The number of rotatable bonds is 3. The standard InChI is InChI=1S/C26H27N3O2.ClH/c1-18-7-6-9-23(19(18)2)25(30)27-22-13-11-20(12-14-22)26(31)29-16-15-28(3)17-21-8-4-5-10-24(21)29;/h4-14H,15-17H2,1-3H3,(H,27,30);1H. The van der Waals surface area contributed by atoms with Crippen LogP contribution in [0, 0.1) is 13.8 Å². The largest absolute Gasteiger partial charge is 0.322 e. The Labute approximate surface area is 195 Å². The minimum absolute atomic E-state index is 0. The Kier molecular flexibility index (Phi) is 7.33. The van der Waals surface area contributed by atoms with Gasteiger partial charge in [0.2, 0.25) is 0 Å². The quantitative estimate of drug-likeness (QED) is 0.607. The van der Waals surface area contributed by atoms with Crippen molar-refractivity contribution in [3.8, 4) is 0 Å². The predicted molar refractivity (Wildman–Crippen MR) is 132 cm³/mol. The lowest BCUT2D eigenvalue weighted by Crippen LogP contribution is -2.35. The summed E-state index contributed by atoms with van der Waals surface area (Å²) in [6.45, 7) is 6.21. The lowest BCUT2D eigenvalue weighted by Gasteiger charge is -2.23. The van der Waals surface area contributed by atoms with E-state index in [1.165, 1.54) is 0 Å². The van der Waals surface area contributed by atoms with Crippen LogP contribution in [0.2, 0.25) is 0 Å². The molecule has 1 heterocycles. The molecule has 3 aromatic carbocycles. The lowest BCUT2D eigenvalue weighted by atomic mass is 10.0. The van der Waals surface area contributed by atoms with Gasteiger partial charge in [0.25, 0.3) is 11.8 Å². The van der Waals surface area contributed by atoms with Gasteiger partial charge in [-0.2, -0.15) is 0 Å². The highest BCUT2D eigenvalue weighted by molar-refractivity contribution is 6.08. The molecule has 0 spiro atoms. The van der Waals surface area contributed by atoms with Crippen molar-refractivity contribution in [3.63, 3.8) is 0 Å². The molecule has 1 aliphatic rings. The van der Waals surface area contributed by atoms with Gasteiger partial charge in [-0.1, -0.05) is 30.3 Å². The molecule has 0 atom stereocenters. The Morgan fingerprint density at radius 1 is 0.875 bits per heavy atom. The number of hydrogen-bond donors (Lipinski definition) is 1. The van der Waals surface area contributed by atoms with Crippen LogP contribution in [0.3, 0.4) is 0 Å². The molecule has 3 aromatic rings. The Hall–Kier alpha value is -3.15. The molecule has 0 fully saturated rings. The molecule has 0 aromatic heterocycles. The molecule has 2 amide bonds. The number of likely N-dealkylation sites (N-methyl/N-ethyl adjacent to an activating group) is 1. The molecule has 1 aliphatic heterocycles. The first-order chi connectivity index (χ1) is 14.9. The van der Waals surface area contributed by atoms with Crippen molar-refractivity contribution in [1.29, 1.82) is 0 Å². The topological polar surface area (TPSA) is 52.7 Å². The first kappa shape index (κ1) is 23.5. The van der Waals surface area contributed by atoms with Crippen molar-refractivity contribution in [3.05, 3.63) is 94.5 Å². The zero-order valence-electron chi connectivity index (χ0n) is 18.6. The van der Waals surface area contributed by atoms with Gasteiger partial charge in [0.15, 0.2) is 0 Å². The minimum atomic E-state index is -0.148. The average Bonchev–Trinajstić information content (AvgIpc) is 2.93. The Morgan fingerprint density at radius 3 is 2.34 bits per heavy atom. The SMILES string of the molecule is Cc1cccc(C(=O)Nc2ccc(C(=O)N3CCN(C)Cc4ccccc43)cc2)c1C.Cl. The van der Waals surface area contributed by atoms with Crippen LogP contribution in [0.15, 0.2) is 66.7 Å². The molecule has 5 nitrogen and oxygen atoms in total. The summed E-state index contributed by atoms with van der Waals surface area (Å²) in [5, 5.41) is 2.93. The molecule has 0 saturated carbocycles. The van der Waals surface area contributed by atoms with Gasteiger partial charge in [-0.05, 0) is 74.0 Å². The fourth-order valence-corrected chi connectivity index (χ4v) is 3.93. The molecule has 1 N–H and O–H groups in total. The maximum Gasteiger partial charge on any atom is 0.258 e. The Bertz CT molecular complexity index is 1130. The van der Waals surface area contributed by atoms with Gasteiger partial charge in [0.1, 0.15) is 0 Å². The molecule has 0 saturated heterocycles. The second-order valence-electron chi connectivity index (χ2n) is 8.10. The number of carbonyl (C=O) groups is 2. The van der Waals surface area contributed by atoms with E-state index >= 15 is 0 Å². The van der Waals surface area contributed by atoms with Gasteiger partial charge >= 0.3 is 0 Å². The van der Waals surface area contributed by atoms with Gasteiger partial charge < -0.3 is 15.1 Å². The van der Waals surface area contributed by atoms with Gasteiger partial charge in [0, 0.05) is 42.1 Å². The zero-order valence-corrected chi connectivity index (χ0v) is 19.4. The van der Waals surface area contributed by atoms with E-state index in [9.17, 15) is 9.59 Å². The van der Waals surface area contributed by atoms with Crippen LogP contribution in [-0.2, 0) is 6.54 Å². The number of para-hydroxylation sites is 1. The van der Waals surface area contributed by atoms with Crippen molar-refractivity contribution in [2.45, 2.75) is 20.4 Å². The third kappa shape index (κ3) is 4.85. The monoisotopic (exact) mass is 449 g/mol. The van der Waals surface area contributed by atoms with Crippen LogP contribution in [0.4, 0.5) is 11.4 Å². The van der Waals surface area contributed by atoms with Crippen LogP contribution >= 0.6 is 12.4 Å². The van der Waals surface area contributed by atoms with Gasteiger partial charge in [-0.25, -0.2) is 0 Å². The van der Waals surface area contributed by atoms with E-state index in [2.05, 4.69) is 23.3 Å². The van der Waals surface area contributed by atoms with E-state index in [1.807, 2.05) is 55.1 Å². The number of amides is 2. The summed E-state index contributed by atoms with van der Waals surface area (Å²) in [5.41, 5.74) is 6.08. The summed E-state index contributed by atoms with van der Waals surface area (Å²) in [6.07, 6.45) is 0. The summed E-state index contributed by atoms with van der Waals surface area (Å²) < 4.78 is 0. The summed E-state index contributed by atoms with van der Waals surface area (Å²) >= 11 is 0. The number of anilines is 2. The van der Waals surface area contributed by atoms with E-state index in [1.54, 1.807) is 24.3 Å². The Morgan fingerprint density at radius 2 is 1.59 bits per heavy atom. The highest BCUT2D eigenvalue weighted by Crippen LogP contribution is 2.26. The second-order valence-corrected chi connectivity index (χ2v) is 8.10. The second kappa shape index (κ2) is 9.98. The first-order valence-electron chi connectivity index (χ1n) is 10.5. The number of fused-ring (bicyclic) bond motifs is 1. The van der Waals surface area contributed by atoms with E-state index in [0.29, 0.717) is 23.4 Å². The maximum atomic E-state index is 13.3. The lowest BCUT2D eigenvalue weighted by molar-refractivity contribution is 0.0984. The zero-order chi connectivity index (χ0) is 22.0. The first-order valence-corrected chi connectivity index (χ1v) is 10.5. The molecule has 0 bridgehead atoms. The van der Waals surface area contributed by atoms with Crippen molar-refractivity contribution >= 4 is 35.6 Å². The third-order valence-corrected chi connectivity index (χ3v) is 5.91. The molecule has 166 valence electrons. The Balaban J connectivity index is 0.00000289. The van der Waals surface area contributed by atoms with Crippen LogP contribution in [0.25, 0.3) is 0 Å². The normalized spacial score (nSPS) is 13.5. The predicted octanol–water partition coefficient (Wildman–Crippen LogP) is 5.07. The minimum Gasteiger partial charge on any atom is -0.322 e. The highest BCUT2D eigenvalue weighted by atomic mass is 35.5. The summed E-state index contributed by atoms with van der Waals surface area (Å²) in [6, 6.07) is 20.9. The fourth-order valence-electron chi connectivity index (χ4n) is 3.93. The number of nitrogens with zero attached hydrogens (tertiary/aromatic N) is 2. The third-order valence-electron chi connectivity index (χ3n) is 5.91. The highest BCUT2D eigenvalue weighted by Gasteiger charge is 2.23. The van der Waals surface area contributed by atoms with E-state index in [0.717, 1.165) is 35.5 Å². The molecular weight excluding hydrogens is 422 g/mol. The van der Waals surface area contributed by atoms with Crippen LogP contribution in [0.1, 0.15) is 37.4 Å². The summed E-state index contributed by atoms with van der Waals surface area (Å²) in [4.78, 5) is 30.0. The molecule has 32 heavy (non-hydrogen) atoms. The smallest absolute Gasteiger partial charge is 0.258 e. The van der Waals surface area contributed by atoms with Crippen molar-refractivity contribution < 1.29 is 9.59 Å². The van der Waals surface area contributed by atoms with E-state index < -0.39 is 0 Å². The van der Waals surface area contributed by atoms with Crippen molar-refractivity contribution in [1.82, 2.24) is 4.90 Å². The number of benzene rings is 3. The summed E-state index contributed by atoms with van der Waals surface area (Å²) in [5.74, 6) is -0.181. The van der Waals surface area contributed by atoms with Gasteiger partial charge in [-0.15, -0.1) is 12.4 Å². The van der Waals surface area contributed by atoms with E-state index in [-0.39, 0.29) is 24.2 Å². The van der Waals surface area contributed by atoms with E-state index in [4.69, 9.17) is 0 Å². The number of hydrogen-bond acceptors (Lipinski definition) is 3. The van der Waals surface area contributed by atoms with Crippen LogP contribution in [0.5, 0.6) is 0 Å². The number of halogens is 1. The molecular formula is C26H28ClN3O2. The van der Waals surface area contributed by atoms with Gasteiger partial charge in [-0.3, -0.25) is 9.59 Å². The van der Waals surface area contributed by atoms with Crippen molar-refractivity contribution in [2.75, 3.05) is 30.4 Å². The number of aryl methyl sites for hydroxylation is 1. The van der Waals surface area contributed by atoms with Crippen molar-refractivity contribution in [2.24, 2.45) is 0 Å². The molecule has 6 heteroatoms. The molecule has 4 rings (SSSR count). The summed E-state index contributed by atoms with van der Waals surface area (Å²) in [7, 11) is 2.07. The average molecular weight is 450 g/mol.